The first kappa shape index (κ1) is 7.50. The van der Waals surface area contributed by atoms with Gasteiger partial charge >= 0.3 is 0 Å². The number of hydrogen-bond acceptors (Lipinski definition) is 1. The Bertz CT molecular complexity index is 77.0. The van der Waals surface area contributed by atoms with Crippen LogP contribution in [-0.4, -0.2) is 18.9 Å². The van der Waals surface area contributed by atoms with Crippen LogP contribution in [0.5, 0.6) is 0 Å². The molecule has 1 aliphatic rings. The summed E-state index contributed by atoms with van der Waals surface area (Å²) in [6, 6.07) is 0. The number of hydrogen-bond donors (Lipinski definition) is 0. The molecule has 54 valence electrons. The van der Waals surface area contributed by atoms with Gasteiger partial charge in [-0.25, -0.2) is 0 Å². The van der Waals surface area contributed by atoms with Gasteiger partial charge in [0.05, 0.1) is 0 Å². The predicted molar refractivity (Wildman–Crippen MR) is 42.7 cm³/mol. The summed E-state index contributed by atoms with van der Waals surface area (Å²) >= 11 is 0. The molecule has 0 N–H and O–H groups in total. The minimum absolute atomic E-state index is 0.772. The molecule has 1 rings (SSSR count). The van der Waals surface area contributed by atoms with Crippen molar-refractivity contribution < 1.29 is 4.74 Å². The first-order chi connectivity index (χ1) is 4.30. The van der Waals surface area contributed by atoms with Gasteiger partial charge in [0.25, 0.3) is 0 Å². The molecule has 2 heteroatoms. The SMILES string of the molecule is CC(P)C1CCOCC1. The van der Waals surface area contributed by atoms with Crippen molar-refractivity contribution in [3.63, 3.8) is 0 Å². The summed E-state index contributed by atoms with van der Waals surface area (Å²) in [7, 11) is 2.87. The standard InChI is InChI=1S/C7H15OP/c1-6(9)7-2-4-8-5-3-7/h6-7H,2-5,9H2,1H3. The molecule has 0 aliphatic carbocycles. The van der Waals surface area contributed by atoms with Crippen molar-refractivity contribution in [1.82, 2.24) is 0 Å². The first-order valence-electron chi connectivity index (χ1n) is 3.64. The van der Waals surface area contributed by atoms with Gasteiger partial charge < -0.3 is 4.74 Å². The summed E-state index contributed by atoms with van der Waals surface area (Å²) in [6.45, 7) is 4.22. The van der Waals surface area contributed by atoms with Crippen LogP contribution in [-0.2, 0) is 4.74 Å². The van der Waals surface area contributed by atoms with Gasteiger partial charge in [-0.05, 0) is 24.4 Å². The highest BCUT2D eigenvalue weighted by Gasteiger charge is 2.16. The molecular weight excluding hydrogens is 131 g/mol. The van der Waals surface area contributed by atoms with Gasteiger partial charge in [0.2, 0.25) is 0 Å². The molecule has 0 bridgehead atoms. The molecule has 1 nitrogen and oxygen atoms in total. The maximum Gasteiger partial charge on any atom is 0.0468 e. The average molecular weight is 146 g/mol. The third-order valence-electron chi connectivity index (χ3n) is 2.01. The van der Waals surface area contributed by atoms with E-state index in [2.05, 4.69) is 16.2 Å². The summed E-state index contributed by atoms with van der Waals surface area (Å²) in [4.78, 5) is 0. The second-order valence-corrected chi connectivity index (χ2v) is 3.86. The summed E-state index contributed by atoms with van der Waals surface area (Å²) < 4.78 is 5.24. The molecule has 1 fully saturated rings. The summed E-state index contributed by atoms with van der Waals surface area (Å²) in [5.41, 5.74) is 0.772. The Morgan fingerprint density at radius 1 is 1.44 bits per heavy atom. The normalized spacial score (nSPS) is 26.0. The first-order valence-corrected chi connectivity index (χ1v) is 4.30. The molecule has 0 aromatic heterocycles. The maximum atomic E-state index is 5.24. The van der Waals surface area contributed by atoms with Crippen molar-refractivity contribution in [2.45, 2.75) is 25.4 Å². The largest absolute Gasteiger partial charge is 0.381 e. The lowest BCUT2D eigenvalue weighted by Gasteiger charge is -2.24. The molecule has 0 aromatic carbocycles. The van der Waals surface area contributed by atoms with E-state index in [4.69, 9.17) is 4.74 Å². The lowest BCUT2D eigenvalue weighted by atomic mass is 9.97. The van der Waals surface area contributed by atoms with Crippen LogP contribution < -0.4 is 0 Å². The van der Waals surface area contributed by atoms with Crippen LogP contribution in [0, 0.1) is 5.92 Å². The van der Waals surface area contributed by atoms with Crippen LogP contribution in [0.25, 0.3) is 0 Å². The Hall–Kier alpha value is 0.390. The fourth-order valence-corrected chi connectivity index (χ4v) is 1.63. The van der Waals surface area contributed by atoms with E-state index >= 15 is 0 Å². The highest BCUT2D eigenvalue weighted by atomic mass is 31.0. The summed E-state index contributed by atoms with van der Waals surface area (Å²) in [5, 5.41) is 0. The van der Waals surface area contributed by atoms with E-state index in [-0.39, 0.29) is 0 Å². The monoisotopic (exact) mass is 146 g/mol. The van der Waals surface area contributed by atoms with Gasteiger partial charge in [0, 0.05) is 13.2 Å². The van der Waals surface area contributed by atoms with Crippen LogP contribution in [0.15, 0.2) is 0 Å². The second kappa shape index (κ2) is 3.53. The van der Waals surface area contributed by atoms with Crippen LogP contribution in [0.1, 0.15) is 19.8 Å². The predicted octanol–water partition coefficient (Wildman–Crippen LogP) is 1.68. The maximum absolute atomic E-state index is 5.24. The van der Waals surface area contributed by atoms with E-state index in [1.54, 1.807) is 0 Å². The van der Waals surface area contributed by atoms with Crippen LogP contribution >= 0.6 is 9.24 Å². The van der Waals surface area contributed by atoms with Crippen molar-refractivity contribution in [2.24, 2.45) is 5.92 Å². The van der Waals surface area contributed by atoms with Gasteiger partial charge in [-0.2, -0.15) is 0 Å². The minimum Gasteiger partial charge on any atom is -0.381 e. The lowest BCUT2D eigenvalue weighted by Crippen LogP contribution is -2.21. The molecule has 1 heterocycles. The molecule has 0 aromatic rings. The molecule has 9 heavy (non-hydrogen) atoms. The smallest absolute Gasteiger partial charge is 0.0468 e. The van der Waals surface area contributed by atoms with Crippen molar-refractivity contribution in [3.8, 4) is 0 Å². The zero-order chi connectivity index (χ0) is 6.69. The topological polar surface area (TPSA) is 9.23 Å². The quantitative estimate of drug-likeness (QED) is 0.511. The van der Waals surface area contributed by atoms with E-state index in [0.717, 1.165) is 24.8 Å². The van der Waals surface area contributed by atoms with Crippen molar-refractivity contribution in [2.75, 3.05) is 13.2 Å². The highest BCUT2D eigenvalue weighted by molar-refractivity contribution is 7.17. The Balaban J connectivity index is 2.23. The van der Waals surface area contributed by atoms with Crippen LogP contribution in [0.4, 0.5) is 0 Å². The lowest BCUT2D eigenvalue weighted by molar-refractivity contribution is 0.0668. The molecular formula is C7H15OP. The molecule has 0 radical (unpaired) electrons. The van der Waals surface area contributed by atoms with E-state index in [1.165, 1.54) is 12.8 Å². The minimum atomic E-state index is 0.772. The third-order valence-corrected chi connectivity index (χ3v) is 2.55. The molecule has 1 aliphatic heterocycles. The Morgan fingerprint density at radius 3 is 2.33 bits per heavy atom. The molecule has 0 spiro atoms. The van der Waals surface area contributed by atoms with Gasteiger partial charge in [-0.1, -0.05) is 6.92 Å². The Kier molecular flexibility index (Phi) is 2.94. The van der Waals surface area contributed by atoms with E-state index in [1.807, 2.05) is 0 Å². The summed E-state index contributed by atoms with van der Waals surface area (Å²) in [5.74, 6) is 0.892. The van der Waals surface area contributed by atoms with Crippen molar-refractivity contribution >= 4 is 9.24 Å². The van der Waals surface area contributed by atoms with Gasteiger partial charge in [0.1, 0.15) is 0 Å². The fourth-order valence-electron chi connectivity index (χ4n) is 1.24. The zero-order valence-corrected chi connectivity index (χ0v) is 7.12. The van der Waals surface area contributed by atoms with Gasteiger partial charge in [0.15, 0.2) is 0 Å². The third kappa shape index (κ3) is 2.23. The van der Waals surface area contributed by atoms with E-state index < -0.39 is 0 Å². The molecule has 2 atom stereocenters. The van der Waals surface area contributed by atoms with E-state index in [9.17, 15) is 0 Å². The number of ether oxygens (including phenoxy) is 1. The zero-order valence-electron chi connectivity index (χ0n) is 5.97. The molecule has 0 amide bonds. The molecule has 2 unspecified atom stereocenters. The van der Waals surface area contributed by atoms with Crippen LogP contribution in [0.3, 0.4) is 0 Å². The molecule has 0 saturated carbocycles. The van der Waals surface area contributed by atoms with Gasteiger partial charge in [-0.3, -0.25) is 0 Å². The Morgan fingerprint density at radius 2 is 2.00 bits per heavy atom. The number of rotatable bonds is 1. The fraction of sp³-hybridized carbons (Fsp3) is 1.00. The van der Waals surface area contributed by atoms with Gasteiger partial charge in [-0.15, -0.1) is 9.24 Å². The second-order valence-electron chi connectivity index (χ2n) is 2.81. The Labute approximate surface area is 59.4 Å². The van der Waals surface area contributed by atoms with E-state index in [0.29, 0.717) is 0 Å². The van der Waals surface area contributed by atoms with Crippen LogP contribution in [0.2, 0.25) is 0 Å². The molecule has 1 saturated heterocycles. The average Bonchev–Trinajstić information content (AvgIpc) is 1.90. The highest BCUT2D eigenvalue weighted by Crippen LogP contribution is 2.23. The summed E-state index contributed by atoms with van der Waals surface area (Å²) in [6.07, 6.45) is 2.51. The van der Waals surface area contributed by atoms with Crippen molar-refractivity contribution in [3.05, 3.63) is 0 Å². The van der Waals surface area contributed by atoms with Crippen molar-refractivity contribution in [1.29, 1.82) is 0 Å².